The first-order valence-electron chi connectivity index (χ1n) is 33.3. The van der Waals surface area contributed by atoms with E-state index in [1.165, 1.54) is 6.08 Å². The molecule has 0 saturated carbocycles. The number of ether oxygens (including phenoxy) is 17. The summed E-state index contributed by atoms with van der Waals surface area (Å²) < 4.78 is 195. The van der Waals surface area contributed by atoms with Crippen molar-refractivity contribution in [2.24, 2.45) is 10.2 Å². The molecule has 33 nitrogen and oxygen atoms in total. The summed E-state index contributed by atoms with van der Waals surface area (Å²) in [6.45, 7) is 1.23. The van der Waals surface area contributed by atoms with Crippen molar-refractivity contribution in [1.29, 1.82) is 0 Å². The van der Waals surface area contributed by atoms with E-state index in [1.54, 1.807) is 170 Å². The van der Waals surface area contributed by atoms with Crippen LogP contribution in [0, 0.1) is 0 Å². The second kappa shape index (κ2) is 38.0. The van der Waals surface area contributed by atoms with Crippen LogP contribution in [-0.2, 0) is 152 Å². The van der Waals surface area contributed by atoms with Gasteiger partial charge < -0.3 is 80.5 Å². The van der Waals surface area contributed by atoms with Crippen LogP contribution in [0.5, 0.6) is 0 Å². The Balaban J connectivity index is 1.02. The molecule has 5 aliphatic rings. The maximum absolute atomic E-state index is 14.9. The Morgan fingerprint density at radius 2 is 0.877 bits per heavy atom. The van der Waals surface area contributed by atoms with Gasteiger partial charge in [-0.1, -0.05) is 198 Å². The molecule has 2 N–H and O–H groups in total. The highest BCUT2D eigenvalue weighted by Gasteiger charge is 2.61. The molecule has 6 aromatic carbocycles. The van der Waals surface area contributed by atoms with E-state index in [9.17, 15) is 46.6 Å². The van der Waals surface area contributed by atoms with Gasteiger partial charge in [0.25, 0.3) is 0 Å². The molecule has 0 aliphatic carbocycles. The minimum absolute atomic E-state index is 0.0688. The van der Waals surface area contributed by atoms with Gasteiger partial charge in [0.05, 0.1) is 67.1 Å². The highest BCUT2D eigenvalue weighted by atomic mass is 32.3. The third-order valence-electron chi connectivity index (χ3n) is 17.5. The second-order valence-electron chi connectivity index (χ2n) is 24.5. The summed E-state index contributed by atoms with van der Waals surface area (Å²) in [5.74, 6) is -2.37. The molecule has 0 bridgehead atoms. The highest BCUT2D eigenvalue weighted by Crippen LogP contribution is 2.43. The summed E-state index contributed by atoms with van der Waals surface area (Å²) in [7, 11) is -9.16. The van der Waals surface area contributed by atoms with Crippen molar-refractivity contribution in [3.05, 3.63) is 249 Å². The van der Waals surface area contributed by atoms with Gasteiger partial charge in [0.2, 0.25) is 0 Å². The van der Waals surface area contributed by atoms with Crippen molar-refractivity contribution in [2.45, 2.75) is 162 Å². The van der Waals surface area contributed by atoms with Crippen LogP contribution in [0.25, 0.3) is 20.9 Å². The lowest BCUT2D eigenvalue weighted by atomic mass is 9.93. The third-order valence-corrected chi connectivity index (χ3v) is 18.4. The van der Waals surface area contributed by atoms with Crippen LogP contribution >= 0.6 is 0 Å². The predicted octanol–water partition coefficient (Wildman–Crippen LogP) is 8.00. The summed E-state index contributed by atoms with van der Waals surface area (Å²) in [5, 5.41) is 8.31. The van der Waals surface area contributed by atoms with Crippen LogP contribution in [0.4, 0.5) is 0 Å². The number of fused-ring (bicyclic) bond motifs is 1. The number of hydrogen-bond donors (Lipinski definition) is 2. The van der Waals surface area contributed by atoms with Crippen LogP contribution in [-0.4, -0.2) is 195 Å². The Hall–Kier alpha value is -8.24. The topological polar surface area (TPSA) is 416 Å². The molecular weight excluding hydrogens is 1430 g/mol. The van der Waals surface area contributed by atoms with E-state index in [4.69, 9.17) is 88.9 Å². The molecule has 5 heterocycles. The maximum Gasteiger partial charge on any atom is 0.397 e. The van der Waals surface area contributed by atoms with Gasteiger partial charge in [-0.2, -0.15) is 16.8 Å². The van der Waals surface area contributed by atoms with Gasteiger partial charge >= 0.3 is 32.7 Å². The van der Waals surface area contributed by atoms with E-state index in [0.717, 1.165) is 14.2 Å². The molecule has 35 heteroatoms. The van der Waals surface area contributed by atoms with E-state index in [0.29, 0.717) is 33.4 Å². The number of nitrogens with zero attached hydrogens (tertiary/aromatic N) is 6. The molecule has 5 aliphatic heterocycles. The number of azide groups is 2. The zero-order valence-corrected chi connectivity index (χ0v) is 58.6. The monoisotopic (exact) mass is 1510 g/mol. The van der Waals surface area contributed by atoms with Gasteiger partial charge in [-0.05, 0) is 38.9 Å². The first-order chi connectivity index (χ1) is 51.4. The molecule has 21 atom stereocenters. The summed E-state index contributed by atoms with van der Waals surface area (Å²) >= 11 is 0. The van der Waals surface area contributed by atoms with E-state index >= 15 is 0 Å². The predicted molar refractivity (Wildman–Crippen MR) is 364 cm³/mol. The zero-order chi connectivity index (χ0) is 74.6. The molecule has 5 saturated heterocycles. The number of carbonyl (C=O) groups is 2. The van der Waals surface area contributed by atoms with Crippen LogP contribution in [0.1, 0.15) is 39.7 Å². The summed E-state index contributed by atoms with van der Waals surface area (Å²) in [6, 6.07) is 48.7. The lowest BCUT2D eigenvalue weighted by Gasteiger charge is -2.51. The number of rotatable bonds is 34. The van der Waals surface area contributed by atoms with Crippen LogP contribution in [0.15, 0.2) is 205 Å². The fourth-order valence-electron chi connectivity index (χ4n) is 12.7. The smallest absolute Gasteiger partial charge is 0.397 e. The van der Waals surface area contributed by atoms with Crippen molar-refractivity contribution >= 4 is 32.7 Å². The standard InChI is InChI=1S/C71H78N6O27S2/c1-4-35-89-70-63(103-105(80,81)82)57(92-39-46-29-17-8-18-30-46)59(61(101-70)65(78)86-2)99-68-51(74-76-72)55(90-37-44-25-13-6-14-26-44)53(49(95-68)41-88-36-43-23-11-5-12-24-43)98-71-64(104-106(83,84)85)58(93-40-47-31-19-9-20-32-47)60(62(102-71)66(79)87-3)100-69-52(75-77-73)56(91-38-45-27-15-7-16-28-45)54-50(96-69)42-94-67(97-54)48-33-21-10-22-34-48/h4-34,49-64,67-71H,1,35-42H2,2-3H3,(H,80,81,82)(H,83,84,85)/t49-,50-,51-,52-,53-,54-,55-,56-,57+,58+,59+,60+,61-,62-,63-,64-,67?,68-,69-,70-,71-/m1/s1. The Kier molecular flexibility index (Phi) is 28.3. The molecule has 106 heavy (non-hydrogen) atoms. The fraction of sp³-hybridized carbons (Fsp3) is 0.437. The normalized spacial score (nSPS) is 30.3. The van der Waals surface area contributed by atoms with Crippen LogP contribution in [0.3, 0.4) is 0 Å². The number of hydrogen-bond acceptors (Lipinski definition) is 27. The minimum atomic E-state index is -5.72. The first-order valence-corrected chi connectivity index (χ1v) is 36.1. The molecular formula is C71H78N6O27S2. The zero-order valence-electron chi connectivity index (χ0n) is 57.0. The maximum atomic E-state index is 14.9. The number of benzene rings is 6. The van der Waals surface area contributed by atoms with Gasteiger partial charge in [-0.15, -0.1) is 6.58 Å². The largest absolute Gasteiger partial charge is 0.467 e. The van der Waals surface area contributed by atoms with E-state index in [2.05, 4.69) is 26.6 Å². The van der Waals surface area contributed by atoms with Crippen LogP contribution in [0.2, 0.25) is 0 Å². The molecule has 0 spiro atoms. The SMILES string of the molecule is C=CCO[C@@H]1O[C@@H](C(=O)OC)[C@@H](O[C@H]2O[C@H](COCc3ccccc3)[C@@H](O[C@@H]3O[C@@H](C(=O)OC)[C@@H](O[C@H]4O[C@@H]5COC(c6ccccc6)O[C@H]5[C@H](OCc5ccccc5)[C@H]4N=[N+]=[N-])[C@H](OCc4ccccc4)[C@H]3OS(=O)(=O)O)[C@H](OCc3ccccc3)[C@H]2N=[N+]=[N-])[C@H](OCc2ccccc2)[C@H]1OS(=O)(=O)O. The van der Waals surface area contributed by atoms with E-state index in [1.807, 2.05) is 12.1 Å². The quantitative estimate of drug-likeness (QED) is 0.00964. The van der Waals surface area contributed by atoms with Crippen molar-refractivity contribution in [2.75, 3.05) is 34.0 Å². The highest BCUT2D eigenvalue weighted by molar-refractivity contribution is 7.81. The number of carbonyl (C=O) groups excluding carboxylic acids is 2. The van der Waals surface area contributed by atoms with Gasteiger partial charge in [0, 0.05) is 15.4 Å². The van der Waals surface area contributed by atoms with Crippen molar-refractivity contribution in [3.8, 4) is 0 Å². The third kappa shape index (κ3) is 20.9. The van der Waals surface area contributed by atoms with Crippen LogP contribution < -0.4 is 0 Å². The molecule has 0 radical (unpaired) electrons. The Morgan fingerprint density at radius 1 is 0.481 bits per heavy atom. The molecule has 1 unspecified atom stereocenters. The molecule has 0 aromatic heterocycles. The molecule has 566 valence electrons. The van der Waals surface area contributed by atoms with Gasteiger partial charge in [0.15, 0.2) is 55.9 Å². The Morgan fingerprint density at radius 3 is 1.32 bits per heavy atom. The van der Waals surface area contributed by atoms with Gasteiger partial charge in [0.1, 0.15) is 73.1 Å². The summed E-state index contributed by atoms with van der Waals surface area (Å²) in [5.41, 5.74) is 24.6. The lowest BCUT2D eigenvalue weighted by Crippen LogP contribution is -2.69. The lowest BCUT2D eigenvalue weighted by molar-refractivity contribution is -0.383. The van der Waals surface area contributed by atoms with E-state index in [-0.39, 0.29) is 39.6 Å². The van der Waals surface area contributed by atoms with Gasteiger partial charge in [-0.25, -0.2) is 18.0 Å². The average Bonchev–Trinajstić information content (AvgIpc) is 0.759. The van der Waals surface area contributed by atoms with Gasteiger partial charge in [-0.3, -0.25) is 9.11 Å². The Bertz CT molecular complexity index is 4110. The number of esters is 2. The average molecular weight is 1510 g/mol. The van der Waals surface area contributed by atoms with Crippen molar-refractivity contribution < 1.29 is 124 Å². The Labute approximate surface area is 609 Å². The van der Waals surface area contributed by atoms with Crippen molar-refractivity contribution in [3.63, 3.8) is 0 Å². The minimum Gasteiger partial charge on any atom is -0.467 e. The van der Waals surface area contributed by atoms with Crippen molar-refractivity contribution in [1.82, 2.24) is 0 Å². The summed E-state index contributed by atoms with van der Waals surface area (Å²) in [6.07, 6.45) is -32.6. The first kappa shape index (κ1) is 78.8. The molecule has 6 aromatic rings. The van der Waals surface area contributed by atoms with E-state index < -0.39 is 175 Å². The fourth-order valence-corrected chi connectivity index (χ4v) is 13.7. The second-order valence-corrected chi connectivity index (χ2v) is 26.6. The molecule has 0 amide bonds. The number of methoxy groups -OCH3 is 2. The summed E-state index contributed by atoms with van der Waals surface area (Å²) in [4.78, 5) is 35.4. The molecule has 11 rings (SSSR count). The molecule has 5 fully saturated rings.